The van der Waals surface area contributed by atoms with Crippen LogP contribution in [0.1, 0.15) is 28.4 Å². The summed E-state index contributed by atoms with van der Waals surface area (Å²) in [6.45, 7) is 0. The minimum atomic E-state index is -1.55. The molecule has 144 valence electrons. The molecule has 0 radical (unpaired) electrons. The first-order valence-corrected chi connectivity index (χ1v) is 9.26. The second-order valence-electron chi connectivity index (χ2n) is 5.93. The SMILES string of the molecule is CN1C(N)=NC(c2cc(/C=C(\F)c3ccc(C#N)cn3)cc(F)c2F)C[S+]1[O-]. The van der Waals surface area contributed by atoms with E-state index in [9.17, 15) is 17.7 Å². The molecule has 2 N–H and O–H groups in total. The Balaban J connectivity index is 1.98. The summed E-state index contributed by atoms with van der Waals surface area (Å²) in [4.78, 5) is 7.85. The number of nitriles is 1. The largest absolute Gasteiger partial charge is 0.593 e. The van der Waals surface area contributed by atoms with E-state index in [-0.39, 0.29) is 34.1 Å². The summed E-state index contributed by atoms with van der Waals surface area (Å²) < 4.78 is 56.1. The van der Waals surface area contributed by atoms with Crippen LogP contribution in [0.25, 0.3) is 11.9 Å². The van der Waals surface area contributed by atoms with Gasteiger partial charge in [0.15, 0.2) is 17.4 Å². The van der Waals surface area contributed by atoms with Crippen molar-refractivity contribution < 1.29 is 17.7 Å². The molecule has 2 heterocycles. The standard InChI is InChI=1S/C18H14F3N5OS/c1-26-18(23)25-16(9-28(26)27)12-4-11(6-14(20)17(12)21)5-13(19)15-3-2-10(7-22)8-24-15/h2-6,8,16H,9H2,1H3,(H2,23,25)/b13-5-. The average molecular weight is 405 g/mol. The second kappa shape index (κ2) is 7.92. The monoisotopic (exact) mass is 405 g/mol. The van der Waals surface area contributed by atoms with Gasteiger partial charge in [0.25, 0.3) is 0 Å². The molecule has 0 bridgehead atoms. The number of halogens is 3. The van der Waals surface area contributed by atoms with Gasteiger partial charge in [0, 0.05) is 11.8 Å². The number of rotatable bonds is 3. The van der Waals surface area contributed by atoms with Crippen LogP contribution >= 0.6 is 0 Å². The topological polar surface area (TPSA) is 101 Å². The normalized spacial score (nSPS) is 19.9. The Morgan fingerprint density at radius 1 is 1.43 bits per heavy atom. The molecule has 1 aromatic carbocycles. The van der Waals surface area contributed by atoms with Gasteiger partial charge in [0.1, 0.15) is 17.9 Å². The van der Waals surface area contributed by atoms with Crippen LogP contribution in [0.3, 0.4) is 0 Å². The van der Waals surface area contributed by atoms with E-state index in [0.29, 0.717) is 0 Å². The number of guanidine groups is 1. The Bertz CT molecular complexity index is 1000. The highest BCUT2D eigenvalue weighted by atomic mass is 32.2. The van der Waals surface area contributed by atoms with E-state index in [1.165, 1.54) is 35.7 Å². The number of aliphatic imine (C=N–C) groups is 1. The summed E-state index contributed by atoms with van der Waals surface area (Å²) in [6, 6.07) is 5.65. The van der Waals surface area contributed by atoms with Crippen molar-refractivity contribution in [3.8, 4) is 6.07 Å². The minimum Gasteiger partial charge on any atom is -0.593 e. The molecule has 2 atom stereocenters. The molecular weight excluding hydrogens is 391 g/mol. The third-order valence-corrected chi connectivity index (χ3v) is 5.48. The Labute approximate surface area is 162 Å². The molecule has 3 rings (SSSR count). The zero-order chi connectivity index (χ0) is 20.4. The minimum absolute atomic E-state index is 0.0380. The van der Waals surface area contributed by atoms with Gasteiger partial charge in [0.2, 0.25) is 5.96 Å². The van der Waals surface area contributed by atoms with E-state index in [4.69, 9.17) is 11.0 Å². The van der Waals surface area contributed by atoms with Crippen molar-refractivity contribution in [3.63, 3.8) is 0 Å². The first kappa shape index (κ1) is 19.7. The van der Waals surface area contributed by atoms with E-state index in [0.717, 1.165) is 12.1 Å². The molecular formula is C18H14F3N5OS. The highest BCUT2D eigenvalue weighted by molar-refractivity contribution is 7.89. The van der Waals surface area contributed by atoms with E-state index in [1.54, 1.807) is 0 Å². The fourth-order valence-electron chi connectivity index (χ4n) is 2.57. The molecule has 0 aliphatic carbocycles. The van der Waals surface area contributed by atoms with Gasteiger partial charge in [-0.25, -0.2) is 18.2 Å². The Hall–Kier alpha value is -3.03. The van der Waals surface area contributed by atoms with Crippen LogP contribution in [0, 0.1) is 23.0 Å². The summed E-state index contributed by atoms with van der Waals surface area (Å²) >= 11 is -1.55. The van der Waals surface area contributed by atoms with Gasteiger partial charge in [0.05, 0.1) is 29.7 Å². The lowest BCUT2D eigenvalue weighted by Crippen LogP contribution is -2.45. The van der Waals surface area contributed by atoms with E-state index in [1.807, 2.05) is 6.07 Å². The molecule has 0 saturated heterocycles. The third kappa shape index (κ3) is 3.95. The molecule has 2 aromatic rings. The molecule has 2 unspecified atom stereocenters. The summed E-state index contributed by atoms with van der Waals surface area (Å²) in [7, 11) is 1.47. The molecule has 0 saturated carbocycles. The molecule has 10 heteroatoms. The van der Waals surface area contributed by atoms with E-state index >= 15 is 0 Å². The van der Waals surface area contributed by atoms with Gasteiger partial charge in [-0.1, -0.05) is 0 Å². The molecule has 28 heavy (non-hydrogen) atoms. The number of nitrogens with zero attached hydrogens (tertiary/aromatic N) is 4. The second-order valence-corrected chi connectivity index (χ2v) is 7.45. The van der Waals surface area contributed by atoms with Crippen molar-refractivity contribution >= 4 is 29.2 Å². The predicted octanol–water partition coefficient (Wildman–Crippen LogP) is 2.66. The first-order chi connectivity index (χ1) is 13.3. The van der Waals surface area contributed by atoms with Crippen LogP contribution < -0.4 is 5.73 Å². The maximum Gasteiger partial charge on any atom is 0.234 e. The molecule has 1 aliphatic rings. The van der Waals surface area contributed by atoms with Crippen molar-refractivity contribution in [2.75, 3.05) is 12.8 Å². The molecule has 1 aliphatic heterocycles. The lowest BCUT2D eigenvalue weighted by molar-refractivity contribution is 0.485. The summed E-state index contributed by atoms with van der Waals surface area (Å²) in [5.74, 6) is -3.29. The van der Waals surface area contributed by atoms with E-state index in [2.05, 4.69) is 9.98 Å². The van der Waals surface area contributed by atoms with Crippen molar-refractivity contribution in [3.05, 3.63) is 64.5 Å². The number of hydrogen-bond donors (Lipinski definition) is 1. The number of benzene rings is 1. The van der Waals surface area contributed by atoms with Gasteiger partial charge in [-0.2, -0.15) is 9.57 Å². The molecule has 0 fully saturated rings. The number of pyridine rings is 1. The Kier molecular flexibility index (Phi) is 5.58. The van der Waals surface area contributed by atoms with Gasteiger partial charge >= 0.3 is 0 Å². The van der Waals surface area contributed by atoms with Crippen LogP contribution in [0.2, 0.25) is 0 Å². The maximum atomic E-state index is 14.4. The first-order valence-electron chi connectivity index (χ1n) is 7.98. The maximum absolute atomic E-state index is 14.4. The highest BCUT2D eigenvalue weighted by Gasteiger charge is 2.32. The predicted molar refractivity (Wildman–Crippen MR) is 99.4 cm³/mol. The summed E-state index contributed by atoms with van der Waals surface area (Å²) in [5, 5.41) is 8.75. The van der Waals surface area contributed by atoms with Crippen LogP contribution in [0.5, 0.6) is 0 Å². The fraction of sp³-hybridized carbons (Fsp3) is 0.167. The summed E-state index contributed by atoms with van der Waals surface area (Å²) in [5.41, 5.74) is 5.73. The van der Waals surface area contributed by atoms with Crippen molar-refractivity contribution in [2.45, 2.75) is 6.04 Å². The van der Waals surface area contributed by atoms with Crippen molar-refractivity contribution in [1.82, 2.24) is 9.29 Å². The van der Waals surface area contributed by atoms with Crippen LogP contribution in [0.15, 0.2) is 35.5 Å². The molecule has 0 amide bonds. The molecule has 0 spiro atoms. The van der Waals surface area contributed by atoms with Crippen molar-refractivity contribution in [2.24, 2.45) is 10.7 Å². The van der Waals surface area contributed by atoms with Gasteiger partial charge in [-0.15, -0.1) is 0 Å². The fourth-order valence-corrected chi connectivity index (χ4v) is 3.57. The van der Waals surface area contributed by atoms with Crippen LogP contribution in [-0.4, -0.2) is 32.6 Å². The molecule has 1 aromatic heterocycles. The number of aromatic nitrogens is 1. The van der Waals surface area contributed by atoms with Crippen molar-refractivity contribution in [1.29, 1.82) is 5.26 Å². The Morgan fingerprint density at radius 3 is 2.79 bits per heavy atom. The van der Waals surface area contributed by atoms with Gasteiger partial charge in [-0.05, 0) is 35.9 Å². The molecule has 6 nitrogen and oxygen atoms in total. The van der Waals surface area contributed by atoms with Gasteiger partial charge < -0.3 is 10.3 Å². The smallest absolute Gasteiger partial charge is 0.234 e. The van der Waals surface area contributed by atoms with Crippen LogP contribution in [-0.2, 0) is 11.4 Å². The lowest BCUT2D eigenvalue weighted by atomic mass is 10.0. The number of nitrogens with two attached hydrogens (primary N) is 1. The zero-order valence-electron chi connectivity index (χ0n) is 14.6. The van der Waals surface area contributed by atoms with Gasteiger partial charge in [-0.3, -0.25) is 4.98 Å². The van der Waals surface area contributed by atoms with E-state index < -0.39 is 34.9 Å². The summed E-state index contributed by atoms with van der Waals surface area (Å²) in [6.07, 6.45) is 2.18. The zero-order valence-corrected chi connectivity index (χ0v) is 15.4. The number of hydrogen-bond acceptors (Lipinski definition) is 6. The average Bonchev–Trinajstić information content (AvgIpc) is 2.68. The Morgan fingerprint density at radius 2 is 2.18 bits per heavy atom. The van der Waals surface area contributed by atoms with Crippen LogP contribution in [0.4, 0.5) is 13.2 Å². The quantitative estimate of drug-likeness (QED) is 0.791. The lowest BCUT2D eigenvalue weighted by Gasteiger charge is -2.28. The highest BCUT2D eigenvalue weighted by Crippen LogP contribution is 2.30. The third-order valence-electron chi connectivity index (χ3n) is 4.08.